The first-order valence-electron chi connectivity index (χ1n) is 12.4. The second-order valence-electron chi connectivity index (χ2n) is 10.7. The van der Waals surface area contributed by atoms with E-state index < -0.39 is 11.3 Å². The summed E-state index contributed by atoms with van der Waals surface area (Å²) in [6.45, 7) is 4.28. The highest BCUT2D eigenvalue weighted by Gasteiger charge is 2.67. The van der Waals surface area contributed by atoms with E-state index in [0.717, 1.165) is 19.3 Å². The van der Waals surface area contributed by atoms with Crippen LogP contribution in [-0.2, 0) is 16.0 Å². The van der Waals surface area contributed by atoms with Crippen molar-refractivity contribution in [3.05, 3.63) is 29.3 Å². The summed E-state index contributed by atoms with van der Waals surface area (Å²) in [6, 6.07) is 5.62. The number of aromatic hydroxyl groups is 1. The third-order valence-corrected chi connectivity index (χ3v) is 9.15. The van der Waals surface area contributed by atoms with Crippen molar-refractivity contribution in [2.24, 2.45) is 23.2 Å². The second kappa shape index (κ2) is 8.27. The SMILES string of the molecule is C[C@]12CC[C@@H]3c4ccc(O)cc4CC[C@H]3[C@@H]1[C@H](CCCC(=O)N1CCOCC1)CC2(F)F. The van der Waals surface area contributed by atoms with Gasteiger partial charge in [-0.25, -0.2) is 8.78 Å². The molecule has 1 saturated heterocycles. The van der Waals surface area contributed by atoms with E-state index in [4.69, 9.17) is 4.74 Å². The van der Waals surface area contributed by atoms with Crippen LogP contribution in [0.25, 0.3) is 0 Å². The predicted octanol–water partition coefficient (Wildman–Crippen LogP) is 5.14. The highest BCUT2D eigenvalue weighted by molar-refractivity contribution is 5.76. The lowest BCUT2D eigenvalue weighted by Crippen LogP contribution is -2.47. The molecule has 6 heteroatoms. The Labute approximate surface area is 189 Å². The molecule has 3 fully saturated rings. The third-order valence-electron chi connectivity index (χ3n) is 9.15. The number of phenols is 1. The van der Waals surface area contributed by atoms with E-state index >= 15 is 8.78 Å². The van der Waals surface area contributed by atoms with Gasteiger partial charge in [0.05, 0.1) is 13.2 Å². The van der Waals surface area contributed by atoms with E-state index in [0.29, 0.717) is 57.9 Å². The minimum Gasteiger partial charge on any atom is -0.508 e. The van der Waals surface area contributed by atoms with Gasteiger partial charge >= 0.3 is 0 Å². The van der Waals surface area contributed by atoms with Gasteiger partial charge in [-0.3, -0.25) is 4.79 Å². The van der Waals surface area contributed by atoms with E-state index in [-0.39, 0.29) is 35.8 Å². The lowest BCUT2D eigenvalue weighted by atomic mass is 9.53. The Hall–Kier alpha value is -1.69. The van der Waals surface area contributed by atoms with E-state index in [1.54, 1.807) is 6.07 Å². The zero-order chi connectivity index (χ0) is 22.5. The van der Waals surface area contributed by atoms with Gasteiger partial charge in [0.25, 0.3) is 5.92 Å². The molecule has 1 amide bonds. The van der Waals surface area contributed by atoms with Crippen LogP contribution in [0.1, 0.15) is 68.9 Å². The van der Waals surface area contributed by atoms with Crippen LogP contribution in [-0.4, -0.2) is 48.1 Å². The molecule has 1 heterocycles. The monoisotopic (exact) mass is 447 g/mol. The van der Waals surface area contributed by atoms with E-state index in [9.17, 15) is 9.90 Å². The smallest absolute Gasteiger partial charge is 0.253 e. The number of fused-ring (bicyclic) bond motifs is 5. The molecule has 5 atom stereocenters. The molecule has 32 heavy (non-hydrogen) atoms. The first-order chi connectivity index (χ1) is 15.3. The number of halogens is 2. The molecule has 0 unspecified atom stereocenters. The first kappa shape index (κ1) is 22.1. The Morgan fingerprint density at radius 1 is 1.25 bits per heavy atom. The van der Waals surface area contributed by atoms with E-state index in [2.05, 4.69) is 0 Å². The molecule has 176 valence electrons. The molecule has 1 aliphatic heterocycles. The largest absolute Gasteiger partial charge is 0.508 e. The van der Waals surface area contributed by atoms with Gasteiger partial charge in [-0.2, -0.15) is 0 Å². The van der Waals surface area contributed by atoms with Crippen LogP contribution in [0.5, 0.6) is 5.75 Å². The minimum atomic E-state index is -2.64. The van der Waals surface area contributed by atoms with Gasteiger partial charge < -0.3 is 14.7 Å². The molecule has 1 aromatic rings. The van der Waals surface area contributed by atoms with E-state index in [1.165, 1.54) is 11.1 Å². The number of hydrogen-bond acceptors (Lipinski definition) is 3. The van der Waals surface area contributed by atoms with Crippen LogP contribution in [0.15, 0.2) is 18.2 Å². The van der Waals surface area contributed by atoms with Gasteiger partial charge in [-0.15, -0.1) is 0 Å². The van der Waals surface area contributed by atoms with Crippen LogP contribution in [0.3, 0.4) is 0 Å². The number of ether oxygens (including phenoxy) is 1. The number of benzene rings is 1. The van der Waals surface area contributed by atoms with Crippen LogP contribution in [0.4, 0.5) is 8.78 Å². The summed E-state index contributed by atoms with van der Waals surface area (Å²) in [5.74, 6) is -1.68. The summed E-state index contributed by atoms with van der Waals surface area (Å²) >= 11 is 0. The summed E-state index contributed by atoms with van der Waals surface area (Å²) in [5.41, 5.74) is 1.51. The number of morpholine rings is 1. The number of carbonyl (C=O) groups excluding carboxylic acids is 1. The average molecular weight is 448 g/mol. The van der Waals surface area contributed by atoms with Gasteiger partial charge in [-0.1, -0.05) is 13.0 Å². The number of aryl methyl sites for hydroxylation is 1. The van der Waals surface area contributed by atoms with Crippen LogP contribution < -0.4 is 0 Å². The highest BCUT2D eigenvalue weighted by atomic mass is 19.3. The van der Waals surface area contributed by atoms with Gasteiger partial charge in [-0.05, 0) is 85.5 Å². The van der Waals surface area contributed by atoms with Crippen molar-refractivity contribution in [1.29, 1.82) is 0 Å². The fraction of sp³-hybridized carbons (Fsp3) is 0.731. The summed E-state index contributed by atoms with van der Waals surface area (Å²) < 4.78 is 36.1. The lowest BCUT2D eigenvalue weighted by molar-refractivity contribution is -0.135. The molecule has 0 bridgehead atoms. The molecule has 4 aliphatic rings. The maximum atomic E-state index is 15.4. The van der Waals surface area contributed by atoms with Crippen LogP contribution >= 0.6 is 0 Å². The Balaban J connectivity index is 1.32. The van der Waals surface area contributed by atoms with Crippen molar-refractivity contribution in [3.63, 3.8) is 0 Å². The summed E-state index contributed by atoms with van der Waals surface area (Å²) in [4.78, 5) is 14.4. The lowest BCUT2D eigenvalue weighted by Gasteiger charge is -2.51. The highest BCUT2D eigenvalue weighted by Crippen LogP contribution is 2.68. The Kier molecular flexibility index (Phi) is 5.71. The summed E-state index contributed by atoms with van der Waals surface area (Å²) in [5, 5.41) is 9.89. The van der Waals surface area contributed by atoms with Crippen molar-refractivity contribution in [2.75, 3.05) is 26.3 Å². The molecule has 1 aromatic carbocycles. The van der Waals surface area contributed by atoms with Gasteiger partial charge in [0.1, 0.15) is 5.75 Å². The Morgan fingerprint density at radius 2 is 2.03 bits per heavy atom. The number of amides is 1. The number of rotatable bonds is 4. The van der Waals surface area contributed by atoms with Crippen molar-refractivity contribution in [1.82, 2.24) is 4.90 Å². The second-order valence-corrected chi connectivity index (χ2v) is 10.7. The topological polar surface area (TPSA) is 49.8 Å². The Bertz CT molecular complexity index is 869. The average Bonchev–Trinajstić information content (AvgIpc) is 2.99. The van der Waals surface area contributed by atoms with Crippen molar-refractivity contribution in [3.8, 4) is 5.75 Å². The normalized spacial score (nSPS) is 35.7. The molecule has 1 N–H and O–H groups in total. The van der Waals surface area contributed by atoms with Gasteiger partial charge in [0.2, 0.25) is 5.91 Å². The van der Waals surface area contributed by atoms with Crippen LogP contribution in [0, 0.1) is 23.2 Å². The molecular weight excluding hydrogens is 412 g/mol. The molecule has 0 aromatic heterocycles. The van der Waals surface area contributed by atoms with Gasteiger partial charge in [0, 0.05) is 31.3 Å². The summed E-state index contributed by atoms with van der Waals surface area (Å²) in [6.07, 6.45) is 4.92. The van der Waals surface area contributed by atoms with Crippen molar-refractivity contribution >= 4 is 5.91 Å². The quantitative estimate of drug-likeness (QED) is 0.695. The molecular formula is C26H35F2NO3. The van der Waals surface area contributed by atoms with Crippen LogP contribution in [0.2, 0.25) is 0 Å². The fourth-order valence-electron chi connectivity index (χ4n) is 7.57. The maximum absolute atomic E-state index is 15.4. The van der Waals surface area contributed by atoms with Crippen molar-refractivity contribution < 1.29 is 23.4 Å². The number of carbonyl (C=O) groups is 1. The van der Waals surface area contributed by atoms with E-state index in [1.807, 2.05) is 24.0 Å². The maximum Gasteiger partial charge on any atom is 0.253 e. The number of phenolic OH excluding ortho intramolecular Hbond substituents is 1. The number of alkyl halides is 2. The molecule has 5 rings (SSSR count). The molecule has 4 nitrogen and oxygen atoms in total. The summed E-state index contributed by atoms with van der Waals surface area (Å²) in [7, 11) is 0. The van der Waals surface area contributed by atoms with Gasteiger partial charge in [0.15, 0.2) is 0 Å². The molecule has 3 aliphatic carbocycles. The predicted molar refractivity (Wildman–Crippen MR) is 118 cm³/mol. The fourth-order valence-corrected chi connectivity index (χ4v) is 7.57. The molecule has 2 saturated carbocycles. The first-order valence-corrected chi connectivity index (χ1v) is 12.4. The minimum absolute atomic E-state index is 0.00306. The molecule has 0 spiro atoms. The zero-order valence-electron chi connectivity index (χ0n) is 19.0. The standard InChI is InChI=1S/C26H35F2NO3/c1-25-10-9-21-20-8-6-19(30)15-17(20)5-7-22(21)24(25)18(16-26(25,27)28)3-2-4-23(31)29-11-13-32-14-12-29/h6,8,15,18,21-22,24,30H,2-5,7,9-14,16H2,1H3/t18-,21-,22-,24+,25+/m1/s1. The molecule has 0 radical (unpaired) electrons. The third kappa shape index (κ3) is 3.63. The number of hydrogen-bond donors (Lipinski definition) is 1. The zero-order valence-corrected chi connectivity index (χ0v) is 19.0. The Morgan fingerprint density at radius 3 is 2.81 bits per heavy atom. The van der Waals surface area contributed by atoms with Crippen molar-refractivity contribution in [2.45, 2.75) is 70.1 Å². The number of nitrogens with zero attached hydrogens (tertiary/aromatic N) is 1.